The summed E-state index contributed by atoms with van der Waals surface area (Å²) in [6.45, 7) is 5.20. The summed E-state index contributed by atoms with van der Waals surface area (Å²) in [5, 5.41) is 13.2. The Bertz CT molecular complexity index is 1340. The molecule has 36 heavy (non-hydrogen) atoms. The van der Waals surface area contributed by atoms with Crippen LogP contribution in [0.2, 0.25) is 0 Å². The van der Waals surface area contributed by atoms with Crippen LogP contribution in [0.3, 0.4) is 0 Å². The van der Waals surface area contributed by atoms with Gasteiger partial charge in [0.05, 0.1) is 23.3 Å². The van der Waals surface area contributed by atoms with Crippen molar-refractivity contribution in [2.24, 2.45) is 0 Å². The van der Waals surface area contributed by atoms with Crippen LogP contribution in [0.4, 0.5) is 19.0 Å². The molecule has 12 heteroatoms. The second-order valence-corrected chi connectivity index (χ2v) is 12.1. The number of anilines is 1. The third kappa shape index (κ3) is 5.08. The number of rotatable bonds is 6. The van der Waals surface area contributed by atoms with Gasteiger partial charge in [-0.2, -0.15) is 0 Å². The second-order valence-electron chi connectivity index (χ2n) is 8.93. The van der Waals surface area contributed by atoms with E-state index >= 15 is 0 Å². The maximum absolute atomic E-state index is 14.7. The Hall–Kier alpha value is -3.04. The Morgan fingerprint density at radius 2 is 1.83 bits per heavy atom. The first-order valence-corrected chi connectivity index (χ1v) is 13.6. The number of carbonyl (C=O) groups excluding carboxylic acids is 1. The number of aliphatic hydroxyl groups excluding tert-OH is 1. The van der Waals surface area contributed by atoms with Crippen molar-refractivity contribution in [2.75, 3.05) is 30.7 Å². The van der Waals surface area contributed by atoms with Crippen LogP contribution in [0, 0.1) is 12.7 Å². The van der Waals surface area contributed by atoms with Crippen molar-refractivity contribution in [3.8, 4) is 0 Å². The Kier molecular flexibility index (Phi) is 7.33. The van der Waals surface area contributed by atoms with E-state index in [9.17, 15) is 27.6 Å². The van der Waals surface area contributed by atoms with Crippen molar-refractivity contribution >= 4 is 35.2 Å². The molecule has 3 aromatic rings. The largest absolute Gasteiger partial charge is 0.384 e. The van der Waals surface area contributed by atoms with Gasteiger partial charge in [0.15, 0.2) is 0 Å². The topological polar surface area (TPSA) is 108 Å². The van der Waals surface area contributed by atoms with Gasteiger partial charge < -0.3 is 19.9 Å². The van der Waals surface area contributed by atoms with Crippen molar-refractivity contribution in [3.05, 3.63) is 53.2 Å². The molecule has 1 amide bonds. The normalized spacial score (nSPS) is 17.3. The van der Waals surface area contributed by atoms with Crippen LogP contribution in [0.1, 0.15) is 43.3 Å². The summed E-state index contributed by atoms with van der Waals surface area (Å²) in [5.74, 6) is -0.622. The first-order valence-electron chi connectivity index (χ1n) is 11.5. The average molecular weight is 521 g/mol. The molecule has 0 spiro atoms. The number of hydrogen-bond acceptors (Lipinski definition) is 7. The summed E-state index contributed by atoms with van der Waals surface area (Å²) in [7, 11) is -2.94. The molecule has 192 valence electrons. The molecule has 0 saturated carbocycles. The Morgan fingerprint density at radius 3 is 2.47 bits per heavy atom. The highest BCUT2D eigenvalue weighted by Gasteiger charge is 2.34. The highest BCUT2D eigenvalue weighted by Crippen LogP contribution is 2.46. The van der Waals surface area contributed by atoms with Crippen molar-refractivity contribution in [1.82, 2.24) is 19.9 Å². The summed E-state index contributed by atoms with van der Waals surface area (Å²) in [6.07, 6.45) is -2.11. The van der Waals surface area contributed by atoms with E-state index in [-0.39, 0.29) is 31.0 Å². The molecule has 2 N–H and O–H groups in total. The SMILES string of the molecule is Cc1nc(N[C@H](C)c2cccc(C(F)F)c2F)c2cc(P3(=O)CCN(C(=O)[C@H](C)O)CC3)ncc2n1. The highest BCUT2D eigenvalue weighted by molar-refractivity contribution is 7.71. The van der Waals surface area contributed by atoms with E-state index in [4.69, 9.17) is 0 Å². The van der Waals surface area contributed by atoms with E-state index < -0.39 is 43.0 Å². The zero-order valence-electron chi connectivity index (χ0n) is 20.1. The fourth-order valence-corrected chi connectivity index (χ4v) is 6.77. The molecule has 1 aliphatic rings. The number of pyridine rings is 1. The Morgan fingerprint density at radius 1 is 1.17 bits per heavy atom. The zero-order valence-corrected chi connectivity index (χ0v) is 21.0. The van der Waals surface area contributed by atoms with Crippen LogP contribution in [0.5, 0.6) is 0 Å². The van der Waals surface area contributed by atoms with Gasteiger partial charge in [0.25, 0.3) is 12.3 Å². The number of benzene rings is 1. The number of carbonyl (C=O) groups is 1. The number of hydrogen-bond donors (Lipinski definition) is 2. The predicted octanol–water partition coefficient (Wildman–Crippen LogP) is 3.79. The van der Waals surface area contributed by atoms with E-state index in [2.05, 4.69) is 20.3 Å². The molecule has 0 unspecified atom stereocenters. The quantitative estimate of drug-likeness (QED) is 0.475. The predicted molar refractivity (Wildman–Crippen MR) is 131 cm³/mol. The summed E-state index contributed by atoms with van der Waals surface area (Å²) in [6, 6.07) is 4.80. The minimum Gasteiger partial charge on any atom is -0.384 e. The van der Waals surface area contributed by atoms with Crippen LogP contribution >= 0.6 is 7.14 Å². The van der Waals surface area contributed by atoms with Gasteiger partial charge in [-0.3, -0.25) is 9.78 Å². The number of aromatic nitrogens is 3. The molecule has 1 saturated heterocycles. The number of aryl methyl sites for hydroxylation is 1. The molecular formula is C24H27F3N5O3P. The first-order chi connectivity index (χ1) is 17.0. The molecular weight excluding hydrogens is 494 g/mol. The molecule has 2 aromatic heterocycles. The van der Waals surface area contributed by atoms with Crippen LogP contribution in [0.25, 0.3) is 10.9 Å². The first kappa shape index (κ1) is 26.0. The standard InChI is InChI=1S/C24H27F3N5O3P/c1-13(16-5-4-6-17(21(16)25)22(26)27)29-23-18-11-20(28-12-19(18)30-15(3)31-23)36(35)9-7-32(8-10-36)24(34)14(2)33/h4-6,11-14,22,33H,7-10H2,1-3H3,(H,29,30,31)/t13-,14+/m1/s1. The lowest BCUT2D eigenvalue weighted by Crippen LogP contribution is -2.45. The number of halogens is 3. The third-order valence-corrected chi connectivity index (χ3v) is 9.27. The number of amides is 1. The van der Waals surface area contributed by atoms with Gasteiger partial charge in [-0.05, 0) is 26.8 Å². The number of nitrogens with zero attached hydrogens (tertiary/aromatic N) is 4. The monoisotopic (exact) mass is 521 g/mol. The fourth-order valence-electron chi connectivity index (χ4n) is 4.33. The van der Waals surface area contributed by atoms with Gasteiger partial charge in [0, 0.05) is 36.4 Å². The summed E-state index contributed by atoms with van der Waals surface area (Å²) in [4.78, 5) is 26.8. The van der Waals surface area contributed by atoms with Crippen LogP contribution in [-0.2, 0) is 9.36 Å². The smallest absolute Gasteiger partial charge is 0.266 e. The summed E-state index contributed by atoms with van der Waals surface area (Å²) < 4.78 is 54.8. The van der Waals surface area contributed by atoms with Crippen LogP contribution < -0.4 is 10.8 Å². The van der Waals surface area contributed by atoms with Gasteiger partial charge in [0.1, 0.15) is 36.1 Å². The number of fused-ring (bicyclic) bond motifs is 1. The fraction of sp³-hybridized carbons (Fsp3) is 0.417. The van der Waals surface area contributed by atoms with Gasteiger partial charge >= 0.3 is 0 Å². The minimum absolute atomic E-state index is 0.0643. The lowest BCUT2D eigenvalue weighted by Gasteiger charge is -2.32. The van der Waals surface area contributed by atoms with E-state index in [1.807, 2.05) is 0 Å². The van der Waals surface area contributed by atoms with Crippen LogP contribution in [-0.4, -0.2) is 62.4 Å². The highest BCUT2D eigenvalue weighted by atomic mass is 31.2. The van der Waals surface area contributed by atoms with E-state index in [0.717, 1.165) is 6.07 Å². The molecule has 1 fully saturated rings. The van der Waals surface area contributed by atoms with Crippen molar-refractivity contribution in [1.29, 1.82) is 0 Å². The zero-order chi connectivity index (χ0) is 26.2. The second kappa shape index (κ2) is 10.1. The molecule has 0 radical (unpaired) electrons. The minimum atomic E-state index is -2.94. The molecule has 8 nitrogen and oxygen atoms in total. The van der Waals surface area contributed by atoms with Gasteiger partial charge in [0.2, 0.25) is 0 Å². The number of alkyl halides is 2. The van der Waals surface area contributed by atoms with Gasteiger partial charge in [-0.15, -0.1) is 0 Å². The molecule has 1 aromatic carbocycles. The maximum atomic E-state index is 14.7. The van der Waals surface area contributed by atoms with Crippen molar-refractivity contribution in [3.63, 3.8) is 0 Å². The number of nitrogens with one attached hydrogen (secondary N) is 1. The molecule has 4 rings (SSSR count). The van der Waals surface area contributed by atoms with E-state index in [0.29, 0.717) is 28.0 Å². The molecule has 0 bridgehead atoms. The van der Waals surface area contributed by atoms with Crippen LogP contribution in [0.15, 0.2) is 30.5 Å². The number of aliphatic hydroxyl groups is 1. The lowest BCUT2D eigenvalue weighted by atomic mass is 10.0. The average Bonchev–Trinajstić information content (AvgIpc) is 2.83. The summed E-state index contributed by atoms with van der Waals surface area (Å²) in [5.41, 5.74) is 0.245. The van der Waals surface area contributed by atoms with E-state index in [1.54, 1.807) is 19.9 Å². The Labute approximate surface area is 206 Å². The molecule has 3 heterocycles. The Balaban J connectivity index is 1.65. The molecule has 0 aliphatic carbocycles. The molecule has 1 aliphatic heterocycles. The van der Waals surface area contributed by atoms with Gasteiger partial charge in [-0.1, -0.05) is 18.2 Å². The maximum Gasteiger partial charge on any atom is 0.266 e. The van der Waals surface area contributed by atoms with Crippen molar-refractivity contribution in [2.45, 2.75) is 39.3 Å². The third-order valence-electron chi connectivity index (χ3n) is 6.34. The summed E-state index contributed by atoms with van der Waals surface area (Å²) >= 11 is 0. The van der Waals surface area contributed by atoms with Gasteiger partial charge in [-0.25, -0.2) is 23.1 Å². The lowest BCUT2D eigenvalue weighted by molar-refractivity contribution is -0.138. The van der Waals surface area contributed by atoms with Crippen molar-refractivity contribution < 1.29 is 27.6 Å². The van der Waals surface area contributed by atoms with E-state index in [1.165, 1.54) is 30.2 Å². The molecule has 2 atom stereocenters.